The molecule has 0 aliphatic heterocycles. The molecule has 1 rings (SSSR count). The lowest BCUT2D eigenvalue weighted by Crippen LogP contribution is -2.15. The van der Waals surface area contributed by atoms with Gasteiger partial charge in [0.2, 0.25) is 0 Å². The van der Waals surface area contributed by atoms with Crippen LogP contribution in [0.25, 0.3) is 0 Å². The van der Waals surface area contributed by atoms with Crippen LogP contribution in [0.1, 0.15) is 12.5 Å². The third-order valence-electron chi connectivity index (χ3n) is 1.83. The Morgan fingerprint density at radius 3 is 2.73 bits per heavy atom. The quantitative estimate of drug-likeness (QED) is 0.622. The molecule has 0 amide bonds. The first-order valence-corrected chi connectivity index (χ1v) is 3.87. The van der Waals surface area contributed by atoms with Gasteiger partial charge in [-0.15, -0.1) is 0 Å². The van der Waals surface area contributed by atoms with E-state index >= 15 is 0 Å². The van der Waals surface area contributed by atoms with E-state index in [1.165, 1.54) is 5.69 Å². The van der Waals surface area contributed by atoms with Crippen LogP contribution >= 0.6 is 0 Å². The lowest BCUT2D eigenvalue weighted by molar-refractivity contribution is 0.968. The number of hydrogen-bond donors (Lipinski definition) is 0. The largest absolute Gasteiger partial charge is 0.375 e. The lowest BCUT2D eigenvalue weighted by atomic mass is 10.2. The maximum absolute atomic E-state index is 3.87. The van der Waals surface area contributed by atoms with Gasteiger partial charge in [0.1, 0.15) is 0 Å². The van der Waals surface area contributed by atoms with Gasteiger partial charge in [-0.25, -0.2) is 0 Å². The lowest BCUT2D eigenvalue weighted by Gasteiger charge is -2.16. The third-order valence-corrected chi connectivity index (χ3v) is 1.83. The summed E-state index contributed by atoms with van der Waals surface area (Å²) in [6.07, 6.45) is 0. The summed E-state index contributed by atoms with van der Waals surface area (Å²) in [7, 11) is 2.08. The second-order valence-corrected chi connectivity index (χ2v) is 2.68. The van der Waals surface area contributed by atoms with Crippen molar-refractivity contribution in [1.29, 1.82) is 0 Å². The predicted octanol–water partition coefficient (Wildman–Crippen LogP) is 2.32. The standard InChI is InChI=1S/C10H14N/c1-4-11(3)10-7-5-6-9(2)8-10/h5-8H,2,4H2,1,3H3. The van der Waals surface area contributed by atoms with E-state index in [-0.39, 0.29) is 0 Å². The Bertz CT molecular complexity index is 230. The molecule has 0 fully saturated rings. The Morgan fingerprint density at radius 2 is 2.18 bits per heavy atom. The van der Waals surface area contributed by atoms with Crippen molar-refractivity contribution in [1.82, 2.24) is 0 Å². The molecular weight excluding hydrogens is 134 g/mol. The van der Waals surface area contributed by atoms with Crippen molar-refractivity contribution in [2.75, 3.05) is 18.5 Å². The number of benzene rings is 1. The molecule has 0 aliphatic carbocycles. The van der Waals surface area contributed by atoms with E-state index in [1.807, 2.05) is 12.1 Å². The van der Waals surface area contributed by atoms with Crippen molar-refractivity contribution in [2.24, 2.45) is 0 Å². The minimum atomic E-state index is 1.03. The monoisotopic (exact) mass is 148 g/mol. The first kappa shape index (κ1) is 8.12. The van der Waals surface area contributed by atoms with Crippen LogP contribution in [0, 0.1) is 6.92 Å². The maximum Gasteiger partial charge on any atom is 0.0366 e. The van der Waals surface area contributed by atoms with Crippen LogP contribution in [0.5, 0.6) is 0 Å². The van der Waals surface area contributed by atoms with Crippen LogP contribution in [0.15, 0.2) is 24.3 Å². The molecule has 1 nitrogen and oxygen atoms in total. The highest BCUT2D eigenvalue weighted by Gasteiger charge is 1.95. The van der Waals surface area contributed by atoms with Gasteiger partial charge in [0, 0.05) is 19.3 Å². The Labute approximate surface area is 68.7 Å². The Kier molecular flexibility index (Phi) is 2.53. The van der Waals surface area contributed by atoms with E-state index in [4.69, 9.17) is 0 Å². The fourth-order valence-electron chi connectivity index (χ4n) is 0.976. The molecule has 59 valence electrons. The Hall–Kier alpha value is -0.980. The topological polar surface area (TPSA) is 3.24 Å². The molecule has 0 bridgehead atoms. The van der Waals surface area contributed by atoms with E-state index in [0.717, 1.165) is 12.1 Å². The molecule has 11 heavy (non-hydrogen) atoms. The maximum atomic E-state index is 3.87. The van der Waals surface area contributed by atoms with Gasteiger partial charge < -0.3 is 4.90 Å². The van der Waals surface area contributed by atoms with E-state index in [0.29, 0.717) is 0 Å². The molecule has 0 aliphatic rings. The zero-order chi connectivity index (χ0) is 8.27. The van der Waals surface area contributed by atoms with Gasteiger partial charge in [0.15, 0.2) is 0 Å². The first-order chi connectivity index (χ1) is 5.24. The van der Waals surface area contributed by atoms with Crippen molar-refractivity contribution < 1.29 is 0 Å². The minimum Gasteiger partial charge on any atom is -0.375 e. The van der Waals surface area contributed by atoms with Crippen LogP contribution in [0.2, 0.25) is 0 Å². The van der Waals surface area contributed by atoms with Crippen molar-refractivity contribution >= 4 is 5.69 Å². The molecule has 0 saturated heterocycles. The molecule has 1 radical (unpaired) electrons. The predicted molar refractivity (Wildman–Crippen MR) is 49.8 cm³/mol. The number of anilines is 1. The van der Waals surface area contributed by atoms with Crippen LogP contribution in [-0.4, -0.2) is 13.6 Å². The molecule has 1 aromatic rings. The SMILES string of the molecule is [CH2]c1cccc(N(C)CC)c1. The van der Waals surface area contributed by atoms with Gasteiger partial charge in [0.05, 0.1) is 0 Å². The van der Waals surface area contributed by atoms with E-state index < -0.39 is 0 Å². The zero-order valence-corrected chi connectivity index (χ0v) is 7.17. The van der Waals surface area contributed by atoms with Crippen molar-refractivity contribution in [2.45, 2.75) is 6.92 Å². The smallest absolute Gasteiger partial charge is 0.0366 e. The van der Waals surface area contributed by atoms with Gasteiger partial charge in [-0.2, -0.15) is 0 Å². The van der Waals surface area contributed by atoms with Crippen LogP contribution in [0.3, 0.4) is 0 Å². The van der Waals surface area contributed by atoms with Crippen LogP contribution in [0.4, 0.5) is 5.69 Å². The average Bonchev–Trinajstić information content (AvgIpc) is 2.03. The van der Waals surface area contributed by atoms with E-state index in [1.54, 1.807) is 0 Å². The molecule has 0 heterocycles. The second kappa shape index (κ2) is 3.42. The van der Waals surface area contributed by atoms with Gasteiger partial charge >= 0.3 is 0 Å². The molecule has 0 unspecified atom stereocenters. The number of rotatable bonds is 2. The highest BCUT2D eigenvalue weighted by molar-refractivity contribution is 5.48. The van der Waals surface area contributed by atoms with Crippen molar-refractivity contribution in [3.8, 4) is 0 Å². The first-order valence-electron chi connectivity index (χ1n) is 3.87. The van der Waals surface area contributed by atoms with Crippen LogP contribution in [-0.2, 0) is 0 Å². The molecule has 0 atom stereocenters. The summed E-state index contributed by atoms with van der Waals surface area (Å²) in [5.41, 5.74) is 2.31. The van der Waals surface area contributed by atoms with Crippen molar-refractivity contribution in [3.63, 3.8) is 0 Å². The molecule has 0 spiro atoms. The van der Waals surface area contributed by atoms with Gasteiger partial charge in [0.25, 0.3) is 0 Å². The molecular formula is C10H14N. The van der Waals surface area contributed by atoms with Gasteiger partial charge in [-0.05, 0) is 31.5 Å². The zero-order valence-electron chi connectivity index (χ0n) is 7.17. The number of hydrogen-bond acceptors (Lipinski definition) is 1. The molecule has 0 saturated carbocycles. The summed E-state index contributed by atoms with van der Waals surface area (Å²) in [5, 5.41) is 0. The summed E-state index contributed by atoms with van der Waals surface area (Å²) in [6.45, 7) is 7.04. The Balaban J connectivity index is 2.86. The van der Waals surface area contributed by atoms with E-state index in [9.17, 15) is 0 Å². The fourth-order valence-corrected chi connectivity index (χ4v) is 0.976. The summed E-state index contributed by atoms with van der Waals surface area (Å²) < 4.78 is 0. The van der Waals surface area contributed by atoms with Gasteiger partial charge in [-0.1, -0.05) is 12.1 Å². The number of nitrogens with zero attached hydrogens (tertiary/aromatic N) is 1. The highest BCUT2D eigenvalue weighted by Crippen LogP contribution is 2.13. The summed E-state index contributed by atoms with van der Waals surface area (Å²) >= 11 is 0. The molecule has 1 heteroatoms. The normalized spacial score (nSPS) is 9.73. The summed E-state index contributed by atoms with van der Waals surface area (Å²) in [6, 6.07) is 8.22. The molecule has 0 aromatic heterocycles. The van der Waals surface area contributed by atoms with Gasteiger partial charge in [-0.3, -0.25) is 0 Å². The Morgan fingerprint density at radius 1 is 1.45 bits per heavy atom. The minimum absolute atomic E-state index is 1.03. The summed E-state index contributed by atoms with van der Waals surface area (Å²) in [5.74, 6) is 0. The highest BCUT2D eigenvalue weighted by atomic mass is 15.1. The van der Waals surface area contributed by atoms with Crippen LogP contribution < -0.4 is 4.90 Å². The van der Waals surface area contributed by atoms with Crippen molar-refractivity contribution in [3.05, 3.63) is 36.8 Å². The fraction of sp³-hybridized carbons (Fsp3) is 0.300. The average molecular weight is 148 g/mol. The second-order valence-electron chi connectivity index (χ2n) is 2.68. The van der Waals surface area contributed by atoms with E-state index in [2.05, 4.69) is 37.9 Å². The molecule has 0 N–H and O–H groups in total. The molecule has 1 aromatic carbocycles. The third kappa shape index (κ3) is 1.97. The summed E-state index contributed by atoms with van der Waals surface area (Å²) in [4.78, 5) is 2.19.